The summed E-state index contributed by atoms with van der Waals surface area (Å²) < 4.78 is 17.1. The van der Waals surface area contributed by atoms with Crippen molar-refractivity contribution < 1.29 is 14.2 Å². The van der Waals surface area contributed by atoms with Crippen LogP contribution in [-0.2, 0) is 14.2 Å². The molecule has 2 heterocycles. The average molecular weight is 356 g/mol. The third-order valence-electron chi connectivity index (χ3n) is 5.67. The normalized spacial score (nSPS) is 29.0. The van der Waals surface area contributed by atoms with Gasteiger partial charge in [-0.3, -0.25) is 4.90 Å². The highest BCUT2D eigenvalue weighted by Crippen LogP contribution is 2.30. The smallest absolute Gasteiger partial charge is 0.114 e. The van der Waals surface area contributed by atoms with Crippen LogP contribution in [0.1, 0.15) is 25.7 Å². The fourth-order valence-corrected chi connectivity index (χ4v) is 3.99. The Kier molecular flexibility index (Phi) is 8.00. The fourth-order valence-electron chi connectivity index (χ4n) is 3.99. The van der Waals surface area contributed by atoms with Crippen molar-refractivity contribution in [2.45, 2.75) is 49.9 Å². The molecule has 0 aliphatic carbocycles. The molecular formula is C19H37N3O3. The number of methoxy groups -OCH3 is 2. The second kappa shape index (κ2) is 9.76. The van der Waals surface area contributed by atoms with Gasteiger partial charge in [-0.1, -0.05) is 0 Å². The number of ether oxygens (including phenoxy) is 3. The molecule has 0 saturated carbocycles. The molecule has 1 fully saturated rings. The van der Waals surface area contributed by atoms with E-state index in [4.69, 9.17) is 14.2 Å². The van der Waals surface area contributed by atoms with Gasteiger partial charge in [0.15, 0.2) is 0 Å². The Morgan fingerprint density at radius 2 is 2.00 bits per heavy atom. The Labute approximate surface area is 153 Å². The lowest BCUT2D eigenvalue weighted by atomic mass is 10.0. The van der Waals surface area contributed by atoms with Crippen LogP contribution in [0.15, 0.2) is 12.0 Å². The Morgan fingerprint density at radius 1 is 1.24 bits per heavy atom. The monoisotopic (exact) mass is 355 g/mol. The molecule has 4 atom stereocenters. The average Bonchev–Trinajstić information content (AvgIpc) is 2.93. The topological polar surface area (TPSA) is 37.4 Å². The van der Waals surface area contributed by atoms with Gasteiger partial charge in [-0.25, -0.2) is 0 Å². The summed E-state index contributed by atoms with van der Waals surface area (Å²) in [5.74, 6) is 1.04. The molecule has 25 heavy (non-hydrogen) atoms. The van der Waals surface area contributed by atoms with Gasteiger partial charge in [0.1, 0.15) is 12.4 Å². The van der Waals surface area contributed by atoms with E-state index in [1.807, 2.05) is 0 Å². The zero-order valence-electron chi connectivity index (χ0n) is 16.9. The van der Waals surface area contributed by atoms with E-state index in [-0.39, 0.29) is 6.10 Å². The zero-order valence-corrected chi connectivity index (χ0v) is 16.9. The summed E-state index contributed by atoms with van der Waals surface area (Å²) in [6.45, 7) is 2.59. The number of rotatable bonds is 9. The summed E-state index contributed by atoms with van der Waals surface area (Å²) in [6.07, 6.45) is 6.64. The lowest BCUT2D eigenvalue weighted by Gasteiger charge is -2.40. The minimum atomic E-state index is 0.207. The Morgan fingerprint density at radius 3 is 2.60 bits per heavy atom. The molecule has 1 saturated heterocycles. The number of likely N-dealkylation sites (N-methyl/N-ethyl adjacent to an activating group) is 2. The predicted octanol–water partition coefficient (Wildman–Crippen LogP) is 1.62. The Balaban J connectivity index is 1.90. The van der Waals surface area contributed by atoms with Crippen molar-refractivity contribution in [3.05, 3.63) is 12.0 Å². The van der Waals surface area contributed by atoms with Crippen molar-refractivity contribution in [1.82, 2.24) is 14.7 Å². The van der Waals surface area contributed by atoms with Crippen molar-refractivity contribution in [3.8, 4) is 0 Å². The van der Waals surface area contributed by atoms with Gasteiger partial charge in [0.25, 0.3) is 0 Å². The largest absolute Gasteiger partial charge is 0.494 e. The van der Waals surface area contributed by atoms with Crippen LogP contribution in [0.5, 0.6) is 0 Å². The standard InChI is InChI=1S/C19H37N3O3/c1-20(2)10-9-16(24-6)11-17-12-21(3)19(14-25-17)18-8-7-15(13-23-5)22(18)4/h12,15-16,18-19H,7-11,13-14H2,1-6H3/t15-,16?,18?,19?/m0/s1. The molecule has 6 heteroatoms. The van der Waals surface area contributed by atoms with E-state index in [0.29, 0.717) is 18.1 Å². The van der Waals surface area contributed by atoms with Gasteiger partial charge in [0, 0.05) is 52.5 Å². The van der Waals surface area contributed by atoms with Gasteiger partial charge in [-0.15, -0.1) is 0 Å². The second-order valence-electron chi connectivity index (χ2n) is 7.71. The number of hydrogen-bond donors (Lipinski definition) is 0. The van der Waals surface area contributed by atoms with Crippen molar-refractivity contribution in [2.75, 3.05) is 62.2 Å². The highest BCUT2D eigenvalue weighted by Gasteiger charge is 2.38. The maximum Gasteiger partial charge on any atom is 0.114 e. The van der Waals surface area contributed by atoms with E-state index in [1.54, 1.807) is 14.2 Å². The second-order valence-corrected chi connectivity index (χ2v) is 7.71. The minimum absolute atomic E-state index is 0.207. The van der Waals surface area contributed by atoms with Gasteiger partial charge in [0.05, 0.1) is 18.8 Å². The van der Waals surface area contributed by atoms with Gasteiger partial charge < -0.3 is 24.0 Å². The molecule has 0 aromatic carbocycles. The molecule has 0 amide bonds. The van der Waals surface area contributed by atoms with Crippen molar-refractivity contribution in [2.24, 2.45) is 0 Å². The molecule has 146 valence electrons. The van der Waals surface area contributed by atoms with E-state index in [2.05, 4.69) is 49.1 Å². The first kappa shape index (κ1) is 20.5. The Hall–Kier alpha value is -0.820. The van der Waals surface area contributed by atoms with E-state index in [1.165, 1.54) is 12.8 Å². The van der Waals surface area contributed by atoms with E-state index in [9.17, 15) is 0 Å². The first-order chi connectivity index (χ1) is 12.0. The highest BCUT2D eigenvalue weighted by atomic mass is 16.5. The minimum Gasteiger partial charge on any atom is -0.494 e. The van der Waals surface area contributed by atoms with Gasteiger partial charge in [-0.2, -0.15) is 0 Å². The predicted molar refractivity (Wildman–Crippen MR) is 101 cm³/mol. The van der Waals surface area contributed by atoms with Crippen LogP contribution in [0.4, 0.5) is 0 Å². The molecule has 0 aromatic heterocycles. The number of nitrogens with zero attached hydrogens (tertiary/aromatic N) is 3. The molecule has 6 nitrogen and oxygen atoms in total. The molecule has 0 bridgehead atoms. The third kappa shape index (κ3) is 5.58. The Bertz CT molecular complexity index is 430. The zero-order chi connectivity index (χ0) is 18.4. The SMILES string of the molecule is COC[C@@H]1CCC(C2COC(CC(CCN(C)C)OC)=CN2C)N1C. The molecule has 0 spiro atoms. The van der Waals surface area contributed by atoms with Gasteiger partial charge in [0.2, 0.25) is 0 Å². The van der Waals surface area contributed by atoms with E-state index >= 15 is 0 Å². The number of hydrogen-bond acceptors (Lipinski definition) is 6. The third-order valence-corrected chi connectivity index (χ3v) is 5.67. The van der Waals surface area contributed by atoms with Crippen LogP contribution >= 0.6 is 0 Å². The molecule has 2 aliphatic rings. The molecule has 3 unspecified atom stereocenters. The summed E-state index contributed by atoms with van der Waals surface area (Å²) in [6, 6.07) is 1.45. The quantitative estimate of drug-likeness (QED) is 0.626. The van der Waals surface area contributed by atoms with Crippen LogP contribution in [-0.4, -0.2) is 101 Å². The summed E-state index contributed by atoms with van der Waals surface area (Å²) in [5, 5.41) is 0. The number of likely N-dealkylation sites (tertiary alicyclic amines) is 1. The van der Waals surface area contributed by atoms with E-state index < -0.39 is 0 Å². The molecule has 0 aromatic rings. The van der Waals surface area contributed by atoms with Crippen LogP contribution in [0.25, 0.3) is 0 Å². The van der Waals surface area contributed by atoms with Crippen LogP contribution in [0, 0.1) is 0 Å². The summed E-state index contributed by atoms with van der Waals surface area (Å²) in [5.41, 5.74) is 0. The first-order valence-electron chi connectivity index (χ1n) is 9.40. The van der Waals surface area contributed by atoms with Crippen LogP contribution < -0.4 is 0 Å². The van der Waals surface area contributed by atoms with Crippen molar-refractivity contribution >= 4 is 0 Å². The molecule has 0 N–H and O–H groups in total. The molecular weight excluding hydrogens is 318 g/mol. The highest BCUT2D eigenvalue weighted by molar-refractivity contribution is 5.04. The first-order valence-corrected chi connectivity index (χ1v) is 9.40. The fraction of sp³-hybridized carbons (Fsp3) is 0.895. The summed E-state index contributed by atoms with van der Waals surface area (Å²) in [7, 11) is 12.2. The van der Waals surface area contributed by atoms with Crippen LogP contribution in [0.3, 0.4) is 0 Å². The van der Waals surface area contributed by atoms with Gasteiger partial charge in [-0.05, 0) is 40.4 Å². The summed E-state index contributed by atoms with van der Waals surface area (Å²) >= 11 is 0. The lowest BCUT2D eigenvalue weighted by molar-refractivity contribution is 0.0221. The lowest BCUT2D eigenvalue weighted by Crippen LogP contribution is -2.51. The van der Waals surface area contributed by atoms with Crippen molar-refractivity contribution in [3.63, 3.8) is 0 Å². The molecule has 0 radical (unpaired) electrons. The summed E-state index contributed by atoms with van der Waals surface area (Å²) in [4.78, 5) is 7.01. The van der Waals surface area contributed by atoms with Gasteiger partial charge >= 0.3 is 0 Å². The molecule has 2 rings (SSSR count). The maximum absolute atomic E-state index is 6.12. The maximum atomic E-state index is 6.12. The van der Waals surface area contributed by atoms with Crippen LogP contribution in [0.2, 0.25) is 0 Å². The van der Waals surface area contributed by atoms with Crippen molar-refractivity contribution in [1.29, 1.82) is 0 Å². The molecule has 2 aliphatic heterocycles. The van der Waals surface area contributed by atoms with E-state index in [0.717, 1.165) is 38.4 Å².